The van der Waals surface area contributed by atoms with Gasteiger partial charge < -0.3 is 4.84 Å². The zero-order chi connectivity index (χ0) is 11.5. The Morgan fingerprint density at radius 2 is 1.94 bits per heavy atom. The van der Waals surface area contributed by atoms with E-state index in [0.717, 1.165) is 22.3 Å². The van der Waals surface area contributed by atoms with Crippen LogP contribution in [0.3, 0.4) is 0 Å². The molecule has 84 valence electrons. The minimum atomic E-state index is 0.753. The molecule has 0 aliphatic rings. The van der Waals surface area contributed by atoms with Gasteiger partial charge in [0.05, 0.1) is 17.4 Å². The van der Waals surface area contributed by atoms with E-state index in [1.165, 1.54) is 0 Å². The third-order valence-corrected chi connectivity index (χ3v) is 2.47. The first-order chi connectivity index (χ1) is 8.42. The van der Waals surface area contributed by atoms with Gasteiger partial charge in [-0.05, 0) is 30.3 Å². The monoisotopic (exact) mass is 225 g/mol. The molecule has 2 aromatic carbocycles. The van der Waals surface area contributed by atoms with Crippen LogP contribution in [0.5, 0.6) is 5.75 Å². The zero-order valence-corrected chi connectivity index (χ0v) is 9.05. The van der Waals surface area contributed by atoms with Crippen molar-refractivity contribution in [1.82, 2.24) is 10.2 Å². The SMILES string of the molecule is c1ccc(NOc2ccc3[nH]ncc3c2)cc1. The van der Waals surface area contributed by atoms with Gasteiger partial charge in [-0.15, -0.1) is 0 Å². The molecule has 0 unspecified atom stereocenters. The first-order valence-electron chi connectivity index (χ1n) is 5.33. The molecule has 0 bridgehead atoms. The largest absolute Gasteiger partial charge is 0.382 e. The molecular formula is C13H11N3O. The molecule has 1 aromatic heterocycles. The number of hydrogen-bond donors (Lipinski definition) is 2. The summed E-state index contributed by atoms with van der Waals surface area (Å²) in [6.07, 6.45) is 1.77. The molecule has 1 heterocycles. The number of fused-ring (bicyclic) bond motifs is 1. The van der Waals surface area contributed by atoms with Crippen molar-refractivity contribution in [2.75, 3.05) is 5.48 Å². The van der Waals surface area contributed by atoms with E-state index in [1.54, 1.807) is 6.20 Å². The smallest absolute Gasteiger partial charge is 0.155 e. The van der Waals surface area contributed by atoms with Crippen LogP contribution >= 0.6 is 0 Å². The molecule has 0 atom stereocenters. The van der Waals surface area contributed by atoms with Crippen LogP contribution in [0.2, 0.25) is 0 Å². The Labute approximate surface area is 98.2 Å². The summed E-state index contributed by atoms with van der Waals surface area (Å²) in [7, 11) is 0. The summed E-state index contributed by atoms with van der Waals surface area (Å²) in [6.45, 7) is 0. The number of hydrogen-bond acceptors (Lipinski definition) is 3. The Morgan fingerprint density at radius 1 is 1.06 bits per heavy atom. The molecule has 0 aliphatic heterocycles. The highest BCUT2D eigenvalue weighted by Crippen LogP contribution is 2.19. The topological polar surface area (TPSA) is 49.9 Å². The highest BCUT2D eigenvalue weighted by atomic mass is 16.6. The lowest BCUT2D eigenvalue weighted by Crippen LogP contribution is -2.03. The molecule has 0 aliphatic carbocycles. The van der Waals surface area contributed by atoms with Crippen molar-refractivity contribution in [1.29, 1.82) is 0 Å². The molecule has 3 aromatic rings. The van der Waals surface area contributed by atoms with E-state index in [9.17, 15) is 0 Å². The minimum absolute atomic E-state index is 0.753. The molecule has 4 heteroatoms. The maximum Gasteiger partial charge on any atom is 0.155 e. The highest BCUT2D eigenvalue weighted by molar-refractivity contribution is 5.79. The van der Waals surface area contributed by atoms with Crippen LogP contribution in [0.1, 0.15) is 0 Å². The van der Waals surface area contributed by atoms with Gasteiger partial charge in [0.1, 0.15) is 0 Å². The van der Waals surface area contributed by atoms with Gasteiger partial charge in [-0.1, -0.05) is 18.2 Å². The number of anilines is 1. The minimum Gasteiger partial charge on any atom is -0.382 e. The van der Waals surface area contributed by atoms with Crippen LogP contribution in [0.25, 0.3) is 10.9 Å². The molecule has 2 N–H and O–H groups in total. The fourth-order valence-corrected chi connectivity index (χ4v) is 1.61. The lowest BCUT2D eigenvalue weighted by atomic mass is 10.2. The summed E-state index contributed by atoms with van der Waals surface area (Å²) in [5.41, 5.74) is 4.80. The molecule has 0 spiro atoms. The maximum absolute atomic E-state index is 5.48. The van der Waals surface area contributed by atoms with E-state index in [4.69, 9.17) is 4.84 Å². The van der Waals surface area contributed by atoms with Crippen molar-refractivity contribution >= 4 is 16.6 Å². The van der Waals surface area contributed by atoms with Crippen molar-refractivity contribution in [2.45, 2.75) is 0 Å². The van der Waals surface area contributed by atoms with Crippen LogP contribution in [0, 0.1) is 0 Å². The first kappa shape index (κ1) is 9.72. The zero-order valence-electron chi connectivity index (χ0n) is 9.05. The summed E-state index contributed by atoms with van der Waals surface area (Å²) < 4.78 is 0. The molecule has 0 saturated heterocycles. The number of nitrogens with zero attached hydrogens (tertiary/aromatic N) is 1. The van der Waals surface area contributed by atoms with Crippen molar-refractivity contribution in [3.8, 4) is 5.75 Å². The number of nitrogens with one attached hydrogen (secondary N) is 2. The summed E-state index contributed by atoms with van der Waals surface area (Å²) in [6, 6.07) is 15.5. The molecule has 3 rings (SSSR count). The van der Waals surface area contributed by atoms with Crippen LogP contribution in [0.15, 0.2) is 54.7 Å². The lowest BCUT2D eigenvalue weighted by molar-refractivity contribution is 0.406. The average Bonchev–Trinajstić information content (AvgIpc) is 2.85. The van der Waals surface area contributed by atoms with E-state index in [2.05, 4.69) is 15.7 Å². The Balaban J connectivity index is 1.76. The summed E-state index contributed by atoms with van der Waals surface area (Å²) in [4.78, 5) is 5.48. The molecule has 17 heavy (non-hydrogen) atoms. The quantitative estimate of drug-likeness (QED) is 0.674. The number of aromatic amines is 1. The molecular weight excluding hydrogens is 214 g/mol. The first-order valence-corrected chi connectivity index (χ1v) is 5.33. The van der Waals surface area contributed by atoms with E-state index in [1.807, 2.05) is 48.5 Å². The number of aromatic nitrogens is 2. The lowest BCUT2D eigenvalue weighted by Gasteiger charge is -2.07. The second kappa shape index (κ2) is 4.17. The molecule has 0 radical (unpaired) electrons. The van der Waals surface area contributed by atoms with Gasteiger partial charge >= 0.3 is 0 Å². The van der Waals surface area contributed by atoms with Gasteiger partial charge in [0.2, 0.25) is 0 Å². The summed E-state index contributed by atoms with van der Waals surface area (Å²) >= 11 is 0. The summed E-state index contributed by atoms with van der Waals surface area (Å²) in [5, 5.41) is 7.88. The third-order valence-electron chi connectivity index (χ3n) is 2.47. The number of H-pyrrole nitrogens is 1. The standard InChI is InChI=1S/C13H11N3O/c1-2-4-11(5-3-1)16-17-12-6-7-13-10(8-12)9-14-15-13/h1-9,16H,(H,14,15). The second-order valence-electron chi connectivity index (χ2n) is 3.69. The predicted octanol–water partition coefficient (Wildman–Crippen LogP) is 2.97. The second-order valence-corrected chi connectivity index (χ2v) is 3.69. The van der Waals surface area contributed by atoms with Gasteiger partial charge in [-0.2, -0.15) is 5.10 Å². The Hall–Kier alpha value is -2.49. The van der Waals surface area contributed by atoms with E-state index in [0.29, 0.717) is 0 Å². The van der Waals surface area contributed by atoms with Crippen molar-refractivity contribution in [3.63, 3.8) is 0 Å². The van der Waals surface area contributed by atoms with E-state index >= 15 is 0 Å². The molecule has 0 fully saturated rings. The predicted molar refractivity (Wildman–Crippen MR) is 66.8 cm³/mol. The Morgan fingerprint density at radius 3 is 2.82 bits per heavy atom. The average molecular weight is 225 g/mol. The van der Waals surface area contributed by atoms with E-state index < -0.39 is 0 Å². The third kappa shape index (κ3) is 2.06. The van der Waals surface area contributed by atoms with Gasteiger partial charge in [-0.25, -0.2) is 5.48 Å². The molecule has 0 saturated carbocycles. The number of para-hydroxylation sites is 1. The van der Waals surface area contributed by atoms with Crippen molar-refractivity contribution in [2.24, 2.45) is 0 Å². The molecule has 4 nitrogen and oxygen atoms in total. The summed E-state index contributed by atoms with van der Waals surface area (Å²) in [5.74, 6) is 0.753. The maximum atomic E-state index is 5.48. The van der Waals surface area contributed by atoms with Crippen LogP contribution in [-0.2, 0) is 0 Å². The van der Waals surface area contributed by atoms with Crippen LogP contribution < -0.4 is 10.3 Å². The van der Waals surface area contributed by atoms with Gasteiger partial charge in [0.25, 0.3) is 0 Å². The fourth-order valence-electron chi connectivity index (χ4n) is 1.61. The molecule has 0 amide bonds. The fraction of sp³-hybridized carbons (Fsp3) is 0. The Kier molecular flexibility index (Phi) is 2.38. The number of benzene rings is 2. The number of rotatable bonds is 3. The van der Waals surface area contributed by atoms with E-state index in [-0.39, 0.29) is 0 Å². The van der Waals surface area contributed by atoms with Crippen LogP contribution in [0.4, 0.5) is 5.69 Å². The van der Waals surface area contributed by atoms with Crippen LogP contribution in [-0.4, -0.2) is 10.2 Å². The Bertz CT molecular complexity index is 619. The van der Waals surface area contributed by atoms with Gasteiger partial charge in [0.15, 0.2) is 5.75 Å². The normalized spacial score (nSPS) is 10.4. The van der Waals surface area contributed by atoms with Crippen molar-refractivity contribution in [3.05, 3.63) is 54.7 Å². The van der Waals surface area contributed by atoms with Gasteiger partial charge in [0, 0.05) is 5.39 Å². The van der Waals surface area contributed by atoms with Crippen molar-refractivity contribution < 1.29 is 4.84 Å². The highest BCUT2D eigenvalue weighted by Gasteiger charge is 1.99. The van der Waals surface area contributed by atoms with Gasteiger partial charge in [-0.3, -0.25) is 5.10 Å².